The molecule has 10 nitrogen and oxygen atoms in total. The molecule has 0 aliphatic carbocycles. The van der Waals surface area contributed by atoms with E-state index in [0.717, 1.165) is 6.92 Å². The molecule has 6 atom stereocenters. The molecule has 1 amide bonds. The molecule has 0 saturated carbocycles. The maximum Gasteiger partial charge on any atom is 0.328 e. The first kappa shape index (κ1) is 17.8. The van der Waals surface area contributed by atoms with Gasteiger partial charge < -0.3 is 35.4 Å². The Hall–Kier alpha value is -1.30. The molecule has 1 aliphatic heterocycles. The van der Waals surface area contributed by atoms with Crippen molar-refractivity contribution in [3.8, 4) is 0 Å². The van der Waals surface area contributed by atoms with Crippen LogP contribution in [-0.4, -0.2) is 97.3 Å². The molecule has 0 aromatic heterocycles. The number of aliphatic hydroxyl groups is 5. The zero-order valence-corrected chi connectivity index (χ0v) is 11.2. The Labute approximate surface area is 119 Å². The summed E-state index contributed by atoms with van der Waals surface area (Å²) in [6.45, 7) is -0.666. The molecule has 1 aliphatic rings. The highest BCUT2D eigenvalue weighted by atomic mass is 16.6. The van der Waals surface area contributed by atoms with E-state index in [1.165, 1.54) is 0 Å². The summed E-state index contributed by atoms with van der Waals surface area (Å²) in [5, 5.41) is 56.3. The fourth-order valence-corrected chi connectivity index (χ4v) is 2.17. The zero-order valence-electron chi connectivity index (χ0n) is 11.2. The van der Waals surface area contributed by atoms with Crippen LogP contribution < -0.4 is 0 Å². The summed E-state index contributed by atoms with van der Waals surface area (Å²) in [6.07, 6.45) is -8.11. The second kappa shape index (κ2) is 7.11. The van der Waals surface area contributed by atoms with Gasteiger partial charge >= 0.3 is 5.97 Å². The van der Waals surface area contributed by atoms with Crippen molar-refractivity contribution in [1.82, 2.24) is 4.90 Å². The summed E-state index contributed by atoms with van der Waals surface area (Å²) in [7, 11) is 0. The summed E-state index contributed by atoms with van der Waals surface area (Å²) in [4.78, 5) is 23.2. The number of ether oxygens (including phenoxy) is 1. The van der Waals surface area contributed by atoms with Gasteiger partial charge in [-0.3, -0.25) is 9.69 Å². The van der Waals surface area contributed by atoms with Crippen LogP contribution in [0.3, 0.4) is 0 Å². The third-order valence-corrected chi connectivity index (χ3v) is 3.30. The van der Waals surface area contributed by atoms with E-state index in [2.05, 4.69) is 0 Å². The Kier molecular flexibility index (Phi) is 6.01. The second-order valence-electron chi connectivity index (χ2n) is 4.68. The first-order valence-electron chi connectivity index (χ1n) is 6.19. The van der Waals surface area contributed by atoms with Crippen molar-refractivity contribution in [2.45, 2.75) is 43.6 Å². The molecule has 0 bridgehead atoms. The van der Waals surface area contributed by atoms with Crippen molar-refractivity contribution >= 4 is 11.9 Å². The van der Waals surface area contributed by atoms with E-state index in [4.69, 9.17) is 20.1 Å². The van der Waals surface area contributed by atoms with Crippen LogP contribution in [0.15, 0.2) is 0 Å². The molecule has 122 valence electrons. The molecule has 21 heavy (non-hydrogen) atoms. The van der Waals surface area contributed by atoms with Gasteiger partial charge in [-0.2, -0.15) is 0 Å². The van der Waals surface area contributed by atoms with E-state index in [-0.39, 0.29) is 0 Å². The monoisotopic (exact) mass is 309 g/mol. The summed E-state index contributed by atoms with van der Waals surface area (Å²) < 4.78 is 5.11. The topological polar surface area (TPSA) is 168 Å². The number of carboxylic acids is 1. The lowest BCUT2D eigenvalue weighted by molar-refractivity contribution is -0.267. The van der Waals surface area contributed by atoms with Gasteiger partial charge in [-0.25, -0.2) is 4.79 Å². The van der Waals surface area contributed by atoms with Gasteiger partial charge in [0.2, 0.25) is 5.91 Å². The van der Waals surface area contributed by atoms with Crippen molar-refractivity contribution in [3.05, 3.63) is 0 Å². The Morgan fingerprint density at radius 3 is 2.10 bits per heavy atom. The van der Waals surface area contributed by atoms with E-state index >= 15 is 0 Å². The van der Waals surface area contributed by atoms with Crippen molar-refractivity contribution in [2.75, 3.05) is 13.2 Å². The molecule has 1 heterocycles. The highest BCUT2D eigenvalue weighted by Gasteiger charge is 2.48. The summed E-state index contributed by atoms with van der Waals surface area (Å²) in [5.74, 6) is -2.37. The van der Waals surface area contributed by atoms with Gasteiger partial charge in [0.15, 0.2) is 12.3 Å². The first-order valence-corrected chi connectivity index (χ1v) is 6.19. The number of rotatable bonds is 5. The largest absolute Gasteiger partial charge is 0.480 e. The van der Waals surface area contributed by atoms with Gasteiger partial charge in [-0.15, -0.1) is 0 Å². The summed E-state index contributed by atoms with van der Waals surface area (Å²) >= 11 is 0. The van der Waals surface area contributed by atoms with Gasteiger partial charge in [-0.1, -0.05) is 0 Å². The molecule has 6 N–H and O–H groups in total. The van der Waals surface area contributed by atoms with E-state index in [9.17, 15) is 24.9 Å². The smallest absolute Gasteiger partial charge is 0.328 e. The molecule has 0 spiro atoms. The molecule has 2 unspecified atom stereocenters. The van der Waals surface area contributed by atoms with Crippen LogP contribution in [0.1, 0.15) is 6.92 Å². The minimum Gasteiger partial charge on any atom is -0.480 e. The molecule has 1 rings (SSSR count). The summed E-state index contributed by atoms with van der Waals surface area (Å²) in [5.41, 5.74) is 0. The second-order valence-corrected chi connectivity index (χ2v) is 4.68. The van der Waals surface area contributed by atoms with Crippen LogP contribution in [0, 0.1) is 0 Å². The van der Waals surface area contributed by atoms with E-state index in [1.807, 2.05) is 0 Å². The number of nitrogens with zero attached hydrogens (tertiary/aromatic N) is 1. The number of amides is 1. The molecule has 1 saturated heterocycles. The standard InChI is InChI=1S/C11H19NO9/c1-4(15)12(5(2-13)11(19)20)10-9(18)8(17)7(16)6(3-14)21-10/h5-10,13-14,16-18H,2-3H2,1H3,(H,19,20)/t5?,6-,7+,8+,9-,10?/m0/s1. The quantitative estimate of drug-likeness (QED) is 0.297. The third-order valence-electron chi connectivity index (χ3n) is 3.30. The maximum absolute atomic E-state index is 11.6. The van der Waals surface area contributed by atoms with Gasteiger partial charge in [-0.05, 0) is 0 Å². The van der Waals surface area contributed by atoms with Crippen LogP contribution in [0.2, 0.25) is 0 Å². The lowest BCUT2D eigenvalue weighted by Gasteiger charge is -2.45. The number of carbonyl (C=O) groups is 2. The van der Waals surface area contributed by atoms with Crippen LogP contribution in [0.5, 0.6) is 0 Å². The Morgan fingerprint density at radius 2 is 1.71 bits per heavy atom. The number of carboxylic acid groups (broad SMARTS) is 1. The van der Waals surface area contributed by atoms with E-state index in [1.54, 1.807) is 0 Å². The average molecular weight is 309 g/mol. The van der Waals surface area contributed by atoms with Gasteiger partial charge in [0.05, 0.1) is 13.2 Å². The zero-order chi connectivity index (χ0) is 16.3. The van der Waals surface area contributed by atoms with Crippen LogP contribution in [0.4, 0.5) is 0 Å². The SMILES string of the molecule is CC(=O)N(C(CO)C(=O)O)C1O[C@@H](CO)[C@@H](O)[C@@H](O)[C@@H]1O. The van der Waals surface area contributed by atoms with Crippen molar-refractivity contribution in [2.24, 2.45) is 0 Å². The number of aliphatic carboxylic acids is 1. The van der Waals surface area contributed by atoms with Crippen LogP contribution in [0.25, 0.3) is 0 Å². The average Bonchev–Trinajstić information content (AvgIpc) is 2.42. The normalized spacial score (nSPS) is 34.3. The number of carbonyl (C=O) groups excluding carboxylic acids is 1. The predicted octanol–water partition coefficient (Wildman–Crippen LogP) is -3.92. The maximum atomic E-state index is 11.6. The molecule has 0 aromatic rings. The van der Waals surface area contributed by atoms with Gasteiger partial charge in [0.1, 0.15) is 24.4 Å². The van der Waals surface area contributed by atoms with Crippen molar-refractivity contribution in [3.63, 3.8) is 0 Å². The summed E-state index contributed by atoms with van der Waals surface area (Å²) in [6, 6.07) is -1.70. The lowest BCUT2D eigenvalue weighted by Crippen LogP contribution is -2.66. The predicted molar refractivity (Wildman–Crippen MR) is 64.8 cm³/mol. The third kappa shape index (κ3) is 3.48. The number of hydrogen-bond acceptors (Lipinski definition) is 8. The minimum atomic E-state index is -1.81. The molecule has 0 radical (unpaired) electrons. The fourth-order valence-electron chi connectivity index (χ4n) is 2.17. The molecular weight excluding hydrogens is 290 g/mol. The number of aliphatic hydroxyl groups excluding tert-OH is 5. The molecule has 1 fully saturated rings. The highest BCUT2D eigenvalue weighted by Crippen LogP contribution is 2.25. The molecule has 0 aromatic carbocycles. The van der Waals surface area contributed by atoms with Crippen molar-refractivity contribution < 1.29 is 45.0 Å². The lowest BCUT2D eigenvalue weighted by atomic mass is 9.97. The Balaban J connectivity index is 3.11. The molecular formula is C11H19NO9. The van der Waals surface area contributed by atoms with Crippen LogP contribution in [-0.2, 0) is 14.3 Å². The van der Waals surface area contributed by atoms with Gasteiger partial charge in [0.25, 0.3) is 0 Å². The van der Waals surface area contributed by atoms with E-state index < -0.39 is 61.8 Å². The minimum absolute atomic E-state index is 0.546. The molecule has 10 heteroatoms. The first-order chi connectivity index (χ1) is 9.76. The fraction of sp³-hybridized carbons (Fsp3) is 0.818. The number of hydrogen-bond donors (Lipinski definition) is 6. The Morgan fingerprint density at radius 1 is 1.14 bits per heavy atom. The van der Waals surface area contributed by atoms with Crippen molar-refractivity contribution in [1.29, 1.82) is 0 Å². The van der Waals surface area contributed by atoms with E-state index in [0.29, 0.717) is 4.90 Å². The Bertz CT molecular complexity index is 388. The van der Waals surface area contributed by atoms with Crippen LogP contribution >= 0.6 is 0 Å². The van der Waals surface area contributed by atoms with Gasteiger partial charge in [0, 0.05) is 6.92 Å². The highest BCUT2D eigenvalue weighted by molar-refractivity contribution is 5.82.